The molecule has 226 valence electrons. The molecule has 0 fully saturated rings. The van der Waals surface area contributed by atoms with Crippen molar-refractivity contribution in [1.29, 1.82) is 0 Å². The Morgan fingerprint density at radius 1 is 0.818 bits per heavy atom. The fraction of sp³-hybridized carbons (Fsp3) is 0.129. The highest BCUT2D eigenvalue weighted by Crippen LogP contribution is 2.27. The van der Waals surface area contributed by atoms with Crippen LogP contribution in [0, 0.1) is 6.92 Å². The molecule has 1 aromatic heterocycles. The number of nitrogens with one attached hydrogen (secondary N) is 5. The Balaban J connectivity index is 1.39. The number of anilines is 4. The molecule has 0 radical (unpaired) electrons. The maximum atomic E-state index is 13.0. The maximum absolute atomic E-state index is 13.0. The van der Waals surface area contributed by atoms with Gasteiger partial charge in [0, 0.05) is 41.4 Å². The van der Waals surface area contributed by atoms with Crippen LogP contribution in [0.3, 0.4) is 0 Å². The number of aromatic amines is 1. The molecular formula is C31H29Cl2N7O4. The first-order chi connectivity index (χ1) is 21.0. The van der Waals surface area contributed by atoms with Gasteiger partial charge >= 0.3 is 0 Å². The Hall–Kier alpha value is -4.97. The highest BCUT2D eigenvalue weighted by Gasteiger charge is 2.21. The predicted octanol–water partition coefficient (Wildman–Crippen LogP) is 5.84. The van der Waals surface area contributed by atoms with Gasteiger partial charge in [0.25, 0.3) is 17.7 Å². The van der Waals surface area contributed by atoms with Gasteiger partial charge in [-0.25, -0.2) is 0 Å². The molecule has 5 N–H and O–H groups in total. The van der Waals surface area contributed by atoms with Crippen LogP contribution >= 0.6 is 23.2 Å². The van der Waals surface area contributed by atoms with Crippen molar-refractivity contribution >= 4 is 69.6 Å². The third-order valence-corrected chi connectivity index (χ3v) is 6.79. The highest BCUT2D eigenvalue weighted by atomic mass is 35.5. The van der Waals surface area contributed by atoms with Gasteiger partial charge in [-0.3, -0.25) is 24.3 Å². The van der Waals surface area contributed by atoms with Crippen LogP contribution in [0.2, 0.25) is 10.0 Å². The van der Waals surface area contributed by atoms with E-state index in [4.69, 9.17) is 23.2 Å². The fourth-order valence-corrected chi connectivity index (χ4v) is 4.59. The number of hydrogen-bond acceptors (Lipinski definition) is 6. The Kier molecular flexibility index (Phi) is 10.5. The van der Waals surface area contributed by atoms with Crippen LogP contribution in [0.4, 0.5) is 22.7 Å². The van der Waals surface area contributed by atoms with Crippen molar-refractivity contribution in [2.24, 2.45) is 0 Å². The molecule has 0 bridgehead atoms. The third kappa shape index (κ3) is 8.32. The fourth-order valence-electron chi connectivity index (χ4n) is 4.02. The van der Waals surface area contributed by atoms with Gasteiger partial charge in [-0.15, -0.1) is 0 Å². The average molecular weight is 635 g/mol. The van der Waals surface area contributed by atoms with Gasteiger partial charge in [-0.2, -0.15) is 5.10 Å². The number of hydrogen-bond donors (Lipinski definition) is 5. The lowest BCUT2D eigenvalue weighted by Crippen LogP contribution is -2.19. The summed E-state index contributed by atoms with van der Waals surface area (Å²) < 4.78 is 0. The van der Waals surface area contributed by atoms with E-state index in [1.165, 1.54) is 24.4 Å². The van der Waals surface area contributed by atoms with E-state index in [9.17, 15) is 19.2 Å². The number of benzene rings is 3. The maximum Gasteiger partial charge on any atom is 0.278 e. The van der Waals surface area contributed by atoms with E-state index in [2.05, 4.69) is 31.5 Å². The van der Waals surface area contributed by atoms with Crippen LogP contribution in [0.5, 0.6) is 0 Å². The zero-order chi connectivity index (χ0) is 31.8. The van der Waals surface area contributed by atoms with Crippen LogP contribution in [-0.4, -0.2) is 59.4 Å². The topological polar surface area (TPSA) is 148 Å². The molecular weight excluding hydrogens is 605 g/mol. The molecule has 1 heterocycles. The van der Waals surface area contributed by atoms with Crippen LogP contribution in [-0.2, 0) is 4.79 Å². The summed E-state index contributed by atoms with van der Waals surface area (Å²) in [6.45, 7) is 2.39. The molecule has 0 spiro atoms. The lowest BCUT2D eigenvalue weighted by molar-refractivity contribution is -0.111. The van der Waals surface area contributed by atoms with E-state index in [0.717, 1.165) is 0 Å². The molecule has 4 aromatic rings. The summed E-state index contributed by atoms with van der Waals surface area (Å²) in [5, 5.41) is 17.8. The minimum Gasteiger partial charge on any atom is -0.322 e. The van der Waals surface area contributed by atoms with Gasteiger partial charge in [0.2, 0.25) is 5.91 Å². The van der Waals surface area contributed by atoms with Crippen LogP contribution in [0.15, 0.2) is 79.0 Å². The first kappa shape index (κ1) is 32.0. The minimum absolute atomic E-state index is 0.0570. The molecule has 0 atom stereocenters. The number of carbonyl (C=O) groups excluding carboxylic acids is 4. The molecule has 0 aliphatic carbocycles. The second kappa shape index (κ2) is 14.5. The van der Waals surface area contributed by atoms with E-state index in [0.29, 0.717) is 34.7 Å². The second-order valence-electron chi connectivity index (χ2n) is 9.87. The second-order valence-corrected chi connectivity index (χ2v) is 10.7. The van der Waals surface area contributed by atoms with Crippen molar-refractivity contribution in [3.63, 3.8) is 0 Å². The normalized spacial score (nSPS) is 11.0. The molecule has 44 heavy (non-hydrogen) atoms. The largest absolute Gasteiger partial charge is 0.322 e. The highest BCUT2D eigenvalue weighted by molar-refractivity contribution is 6.40. The van der Waals surface area contributed by atoms with Gasteiger partial charge in [0.05, 0.1) is 21.3 Å². The SMILES string of the molecule is Cc1cc(NC(=O)c2cccc(NC(=O)C=CCN(C)C)c2)ccc1NC(=O)c1n[nH]cc1NC(=O)c1c(Cl)cccc1Cl. The monoisotopic (exact) mass is 633 g/mol. The number of likely N-dealkylation sites (N-methyl/N-ethyl adjacent to an activating group) is 1. The van der Waals surface area contributed by atoms with Crippen LogP contribution < -0.4 is 21.3 Å². The first-order valence-corrected chi connectivity index (χ1v) is 14.0. The Morgan fingerprint density at radius 2 is 1.50 bits per heavy atom. The molecule has 4 rings (SSSR count). The molecule has 4 amide bonds. The number of carbonyl (C=O) groups is 4. The van der Waals surface area contributed by atoms with Crippen molar-refractivity contribution in [1.82, 2.24) is 15.1 Å². The number of halogens is 2. The molecule has 3 aromatic carbocycles. The molecule has 0 aliphatic rings. The molecule has 13 heteroatoms. The quantitative estimate of drug-likeness (QED) is 0.139. The first-order valence-electron chi connectivity index (χ1n) is 13.3. The Labute approximate surface area is 263 Å². The van der Waals surface area contributed by atoms with E-state index in [1.807, 2.05) is 19.0 Å². The summed E-state index contributed by atoms with van der Waals surface area (Å²) in [5.41, 5.74) is 2.60. The summed E-state index contributed by atoms with van der Waals surface area (Å²) in [4.78, 5) is 52.8. The molecule has 0 aliphatic heterocycles. The third-order valence-electron chi connectivity index (χ3n) is 6.16. The number of nitrogens with zero attached hydrogens (tertiary/aromatic N) is 2. The van der Waals surface area contributed by atoms with Gasteiger partial charge in [-0.05, 0) is 75.1 Å². The van der Waals surface area contributed by atoms with Gasteiger partial charge in [-0.1, -0.05) is 41.4 Å². The Bertz CT molecular complexity index is 1730. The van der Waals surface area contributed by atoms with E-state index in [1.54, 1.807) is 61.5 Å². The van der Waals surface area contributed by atoms with Gasteiger partial charge in [0.1, 0.15) is 0 Å². The van der Waals surface area contributed by atoms with Crippen LogP contribution in [0.25, 0.3) is 0 Å². The molecule has 0 saturated carbocycles. The van der Waals surface area contributed by atoms with Crippen molar-refractivity contribution in [3.05, 3.63) is 111 Å². The summed E-state index contributed by atoms with van der Waals surface area (Å²) in [5.74, 6) is -1.86. The number of H-pyrrole nitrogens is 1. The van der Waals surface area contributed by atoms with Gasteiger partial charge in [0.15, 0.2) is 5.69 Å². The van der Waals surface area contributed by atoms with Crippen molar-refractivity contribution < 1.29 is 19.2 Å². The lowest BCUT2D eigenvalue weighted by Gasteiger charge is -2.12. The zero-order valence-electron chi connectivity index (χ0n) is 24.0. The Morgan fingerprint density at radius 3 is 2.20 bits per heavy atom. The number of aromatic nitrogens is 2. The smallest absolute Gasteiger partial charge is 0.278 e. The number of aryl methyl sites for hydroxylation is 1. The molecule has 11 nitrogen and oxygen atoms in total. The number of rotatable bonds is 10. The van der Waals surface area contributed by atoms with E-state index in [-0.39, 0.29) is 38.8 Å². The van der Waals surface area contributed by atoms with Crippen molar-refractivity contribution in [2.75, 3.05) is 41.9 Å². The summed E-state index contributed by atoms with van der Waals surface area (Å²) >= 11 is 12.3. The molecule has 0 unspecified atom stereocenters. The summed E-state index contributed by atoms with van der Waals surface area (Å²) in [6, 6.07) is 16.2. The van der Waals surface area contributed by atoms with Crippen molar-refractivity contribution in [2.45, 2.75) is 6.92 Å². The lowest BCUT2D eigenvalue weighted by atomic mass is 10.1. The zero-order valence-corrected chi connectivity index (χ0v) is 25.5. The summed E-state index contributed by atoms with van der Waals surface area (Å²) in [7, 11) is 3.80. The van der Waals surface area contributed by atoms with E-state index < -0.39 is 11.8 Å². The van der Waals surface area contributed by atoms with Crippen molar-refractivity contribution in [3.8, 4) is 0 Å². The van der Waals surface area contributed by atoms with E-state index >= 15 is 0 Å². The number of amides is 4. The average Bonchev–Trinajstić information content (AvgIpc) is 3.42. The van der Waals surface area contributed by atoms with Crippen LogP contribution in [0.1, 0.15) is 36.8 Å². The minimum atomic E-state index is -0.600. The predicted molar refractivity (Wildman–Crippen MR) is 173 cm³/mol. The standard InChI is InChI=1S/C31H29Cl2N7O4/c1-18-15-21(36-29(42)19-7-4-8-20(16-19)35-26(41)11-6-14-40(2)3)12-13-24(18)37-31(44)28-25(17-34-39-28)38-30(43)27-22(32)9-5-10-23(27)33/h4-13,15-17H,14H2,1-3H3,(H,34,39)(H,35,41)(H,36,42)(H,37,44)(H,38,43). The molecule has 0 saturated heterocycles. The van der Waals surface area contributed by atoms with Gasteiger partial charge < -0.3 is 26.2 Å². The summed E-state index contributed by atoms with van der Waals surface area (Å²) in [6.07, 6.45) is 4.55.